The average Bonchev–Trinajstić information content (AvgIpc) is 2.54. The SMILES string of the molecule is C/C(CC(=O)Nc1ccccc1)=N\NC(=O)c1ccccc1. The molecule has 0 spiro atoms. The molecular formula is C17H17N3O2. The fourth-order valence-corrected chi connectivity index (χ4v) is 1.80. The summed E-state index contributed by atoms with van der Waals surface area (Å²) < 4.78 is 0. The van der Waals surface area contributed by atoms with Crippen molar-refractivity contribution in [3.8, 4) is 0 Å². The Labute approximate surface area is 129 Å². The maximum atomic E-state index is 11.8. The Hall–Kier alpha value is -2.95. The molecule has 0 aliphatic carbocycles. The van der Waals surface area contributed by atoms with Crippen LogP contribution in [0.3, 0.4) is 0 Å². The van der Waals surface area contributed by atoms with Crippen molar-refractivity contribution in [2.75, 3.05) is 5.32 Å². The fraction of sp³-hybridized carbons (Fsp3) is 0.118. The predicted octanol–water partition coefficient (Wildman–Crippen LogP) is 2.82. The van der Waals surface area contributed by atoms with Gasteiger partial charge in [-0.2, -0.15) is 5.10 Å². The Bertz CT molecular complexity index is 667. The monoisotopic (exact) mass is 295 g/mol. The van der Waals surface area contributed by atoms with Gasteiger partial charge in [-0.15, -0.1) is 0 Å². The van der Waals surface area contributed by atoms with Crippen LogP contribution in [0.2, 0.25) is 0 Å². The number of anilines is 1. The minimum Gasteiger partial charge on any atom is -0.326 e. The number of hydrogen-bond donors (Lipinski definition) is 2. The lowest BCUT2D eigenvalue weighted by atomic mass is 10.2. The summed E-state index contributed by atoms with van der Waals surface area (Å²) in [6.07, 6.45) is 0.115. The second-order valence-corrected chi connectivity index (χ2v) is 4.75. The van der Waals surface area contributed by atoms with Crippen molar-refractivity contribution in [1.29, 1.82) is 0 Å². The maximum Gasteiger partial charge on any atom is 0.271 e. The quantitative estimate of drug-likeness (QED) is 0.657. The van der Waals surface area contributed by atoms with Crippen molar-refractivity contribution in [2.24, 2.45) is 5.10 Å². The molecule has 0 fully saturated rings. The molecule has 22 heavy (non-hydrogen) atoms. The number of hydrogen-bond acceptors (Lipinski definition) is 3. The zero-order valence-corrected chi connectivity index (χ0v) is 12.2. The topological polar surface area (TPSA) is 70.6 Å². The predicted molar refractivity (Wildman–Crippen MR) is 86.7 cm³/mol. The van der Waals surface area contributed by atoms with E-state index in [0.717, 1.165) is 5.69 Å². The lowest BCUT2D eigenvalue weighted by molar-refractivity contribution is -0.115. The highest BCUT2D eigenvalue weighted by Crippen LogP contribution is 2.05. The number of rotatable bonds is 5. The summed E-state index contributed by atoms with van der Waals surface area (Å²) in [6.45, 7) is 1.69. The minimum atomic E-state index is -0.302. The molecule has 0 radical (unpaired) electrons. The maximum absolute atomic E-state index is 11.8. The zero-order valence-electron chi connectivity index (χ0n) is 12.2. The van der Waals surface area contributed by atoms with Crippen molar-refractivity contribution >= 4 is 23.2 Å². The molecule has 2 aromatic carbocycles. The summed E-state index contributed by atoms with van der Waals surface area (Å²) in [7, 11) is 0. The summed E-state index contributed by atoms with van der Waals surface area (Å²) in [5.41, 5.74) is 4.21. The molecule has 0 aromatic heterocycles. The van der Waals surface area contributed by atoms with E-state index in [1.54, 1.807) is 31.2 Å². The van der Waals surface area contributed by atoms with Crippen LogP contribution in [0.1, 0.15) is 23.7 Å². The largest absolute Gasteiger partial charge is 0.326 e. The van der Waals surface area contributed by atoms with Crippen LogP contribution in [0.4, 0.5) is 5.69 Å². The summed E-state index contributed by atoms with van der Waals surface area (Å²) >= 11 is 0. The first-order chi connectivity index (χ1) is 10.6. The van der Waals surface area contributed by atoms with E-state index in [1.165, 1.54) is 0 Å². The van der Waals surface area contributed by atoms with Crippen LogP contribution in [-0.4, -0.2) is 17.5 Å². The molecule has 2 amide bonds. The molecule has 5 heteroatoms. The Morgan fingerprint density at radius 3 is 2.18 bits per heavy atom. The summed E-state index contributed by atoms with van der Waals surface area (Å²) in [5.74, 6) is -0.482. The number of para-hydroxylation sites is 1. The Balaban J connectivity index is 1.85. The van der Waals surface area contributed by atoms with Gasteiger partial charge in [-0.3, -0.25) is 9.59 Å². The van der Waals surface area contributed by atoms with Crippen molar-refractivity contribution < 1.29 is 9.59 Å². The van der Waals surface area contributed by atoms with Crippen LogP contribution in [-0.2, 0) is 4.79 Å². The Morgan fingerprint density at radius 1 is 0.955 bits per heavy atom. The molecule has 2 aromatic rings. The van der Waals surface area contributed by atoms with Crippen LogP contribution in [0.25, 0.3) is 0 Å². The number of hydrazone groups is 1. The van der Waals surface area contributed by atoms with Crippen LogP contribution in [0, 0.1) is 0 Å². The molecule has 2 rings (SSSR count). The van der Waals surface area contributed by atoms with Gasteiger partial charge in [-0.25, -0.2) is 5.43 Å². The number of carbonyl (C=O) groups excluding carboxylic acids is 2. The van der Waals surface area contributed by atoms with Gasteiger partial charge in [-0.05, 0) is 31.2 Å². The van der Waals surface area contributed by atoms with Gasteiger partial charge in [0.15, 0.2) is 0 Å². The van der Waals surface area contributed by atoms with E-state index in [-0.39, 0.29) is 18.2 Å². The third-order valence-electron chi connectivity index (χ3n) is 2.86. The van der Waals surface area contributed by atoms with Gasteiger partial charge >= 0.3 is 0 Å². The van der Waals surface area contributed by atoms with Gasteiger partial charge in [0.25, 0.3) is 5.91 Å². The third kappa shape index (κ3) is 4.86. The number of nitrogens with one attached hydrogen (secondary N) is 2. The molecule has 112 valence electrons. The summed E-state index contributed by atoms with van der Waals surface area (Å²) in [4.78, 5) is 23.6. The molecule has 5 nitrogen and oxygen atoms in total. The second kappa shape index (κ2) is 7.73. The lowest BCUT2D eigenvalue weighted by Crippen LogP contribution is -2.21. The molecule has 0 aliphatic heterocycles. The van der Waals surface area contributed by atoms with E-state index in [1.807, 2.05) is 36.4 Å². The molecule has 0 saturated heterocycles. The molecule has 0 atom stereocenters. The normalized spacial score (nSPS) is 10.9. The third-order valence-corrected chi connectivity index (χ3v) is 2.86. The van der Waals surface area contributed by atoms with E-state index in [2.05, 4.69) is 15.8 Å². The van der Waals surface area contributed by atoms with E-state index in [4.69, 9.17) is 0 Å². The number of amides is 2. The van der Waals surface area contributed by atoms with Gasteiger partial charge in [-0.1, -0.05) is 36.4 Å². The Kier molecular flexibility index (Phi) is 5.43. The molecular weight excluding hydrogens is 278 g/mol. The van der Waals surface area contributed by atoms with Gasteiger partial charge in [0, 0.05) is 17.0 Å². The van der Waals surface area contributed by atoms with Crippen molar-refractivity contribution in [3.05, 3.63) is 66.2 Å². The summed E-state index contributed by atoms with van der Waals surface area (Å²) in [6, 6.07) is 18.0. The molecule has 2 N–H and O–H groups in total. The lowest BCUT2D eigenvalue weighted by Gasteiger charge is -2.05. The van der Waals surface area contributed by atoms with Crippen molar-refractivity contribution in [3.63, 3.8) is 0 Å². The number of nitrogens with zero attached hydrogens (tertiary/aromatic N) is 1. The van der Waals surface area contributed by atoms with E-state index in [0.29, 0.717) is 11.3 Å². The average molecular weight is 295 g/mol. The molecule has 0 saturated carbocycles. The van der Waals surface area contributed by atoms with Crippen LogP contribution in [0.5, 0.6) is 0 Å². The second-order valence-electron chi connectivity index (χ2n) is 4.75. The van der Waals surface area contributed by atoms with E-state index in [9.17, 15) is 9.59 Å². The zero-order chi connectivity index (χ0) is 15.8. The smallest absolute Gasteiger partial charge is 0.271 e. The highest BCUT2D eigenvalue weighted by atomic mass is 16.2. The van der Waals surface area contributed by atoms with Crippen molar-refractivity contribution in [2.45, 2.75) is 13.3 Å². The van der Waals surface area contributed by atoms with E-state index < -0.39 is 0 Å². The van der Waals surface area contributed by atoms with Gasteiger partial charge in [0.2, 0.25) is 5.91 Å². The Morgan fingerprint density at radius 2 is 1.55 bits per heavy atom. The van der Waals surface area contributed by atoms with Crippen LogP contribution < -0.4 is 10.7 Å². The first-order valence-corrected chi connectivity index (χ1v) is 6.88. The van der Waals surface area contributed by atoms with Crippen LogP contribution in [0.15, 0.2) is 65.8 Å². The first-order valence-electron chi connectivity index (χ1n) is 6.88. The van der Waals surface area contributed by atoms with Gasteiger partial charge in [0.05, 0.1) is 6.42 Å². The van der Waals surface area contributed by atoms with Gasteiger partial charge < -0.3 is 5.32 Å². The number of benzene rings is 2. The summed E-state index contributed by atoms with van der Waals surface area (Å²) in [5, 5.41) is 6.70. The molecule has 0 aliphatic rings. The minimum absolute atomic E-state index is 0.115. The molecule has 0 heterocycles. The van der Waals surface area contributed by atoms with Gasteiger partial charge in [0.1, 0.15) is 0 Å². The fourth-order valence-electron chi connectivity index (χ4n) is 1.80. The van der Waals surface area contributed by atoms with E-state index >= 15 is 0 Å². The first kappa shape index (κ1) is 15.4. The molecule has 0 bridgehead atoms. The molecule has 0 unspecified atom stereocenters. The van der Waals surface area contributed by atoms with Crippen molar-refractivity contribution in [1.82, 2.24) is 5.43 Å². The highest BCUT2D eigenvalue weighted by molar-refractivity contribution is 6.06. The van der Waals surface area contributed by atoms with Crippen LogP contribution >= 0.6 is 0 Å². The highest BCUT2D eigenvalue weighted by Gasteiger charge is 2.06. The number of carbonyl (C=O) groups is 2. The standard InChI is InChI=1S/C17H17N3O2/c1-13(12-16(21)18-15-10-6-3-7-11-15)19-20-17(22)14-8-4-2-5-9-14/h2-11H,12H2,1H3,(H,18,21)(H,20,22)/b19-13+.